The summed E-state index contributed by atoms with van der Waals surface area (Å²) in [5.41, 5.74) is 0.956. The van der Waals surface area contributed by atoms with Crippen molar-refractivity contribution in [1.29, 1.82) is 5.26 Å². The van der Waals surface area contributed by atoms with Crippen LogP contribution in [0.5, 0.6) is 0 Å². The molecule has 1 aromatic rings. The number of hydrogen-bond acceptors (Lipinski definition) is 4. The molecule has 1 fully saturated rings. The standard InChI is InChI=1S/C7H8O3S.C5H7FN2/c1-6-2-4-7(5-3-6)11(8,9)10;6-8-3-1-2-5(8)4-7/h2-5H,1H3,(H,8,9,10);5H,1-3H2/t;5-/m.0/s1. The second-order valence-electron chi connectivity index (χ2n) is 4.20. The van der Waals surface area contributed by atoms with E-state index < -0.39 is 16.2 Å². The van der Waals surface area contributed by atoms with Gasteiger partial charge in [-0.2, -0.15) is 13.7 Å². The third kappa shape index (κ3) is 4.95. The highest BCUT2D eigenvalue weighted by molar-refractivity contribution is 7.85. The molecule has 1 atom stereocenters. The van der Waals surface area contributed by atoms with Crippen molar-refractivity contribution in [1.82, 2.24) is 5.12 Å². The van der Waals surface area contributed by atoms with Crippen LogP contribution in [0.3, 0.4) is 0 Å². The molecule has 1 aliphatic rings. The highest BCUT2D eigenvalue weighted by atomic mass is 32.2. The fraction of sp³-hybridized carbons (Fsp3) is 0.417. The molecule has 0 unspecified atom stereocenters. The number of nitrogens with zero attached hydrogens (tertiary/aromatic N) is 2. The number of aryl methyl sites for hydroxylation is 1. The van der Waals surface area contributed by atoms with Gasteiger partial charge in [0.05, 0.1) is 11.0 Å². The Labute approximate surface area is 112 Å². The minimum absolute atomic E-state index is 0.0666. The molecule has 0 spiro atoms. The van der Waals surface area contributed by atoms with Gasteiger partial charge in [0, 0.05) is 6.54 Å². The van der Waals surface area contributed by atoms with Crippen LogP contribution in [0.1, 0.15) is 18.4 Å². The van der Waals surface area contributed by atoms with E-state index in [1.54, 1.807) is 12.1 Å². The van der Waals surface area contributed by atoms with E-state index in [-0.39, 0.29) is 4.90 Å². The molecule has 1 heterocycles. The molecular weight excluding hydrogens is 271 g/mol. The number of hydrogen-bond donors (Lipinski definition) is 1. The van der Waals surface area contributed by atoms with Gasteiger partial charge < -0.3 is 0 Å². The molecule has 1 N–H and O–H groups in total. The molecule has 0 bridgehead atoms. The fourth-order valence-corrected chi connectivity index (χ4v) is 2.05. The SMILES string of the molecule is Cc1ccc(S(=O)(=O)O)cc1.N#C[C@@H]1CCCN1F. The van der Waals surface area contributed by atoms with E-state index in [0.29, 0.717) is 18.1 Å². The third-order valence-electron chi connectivity index (χ3n) is 2.66. The van der Waals surface area contributed by atoms with Crippen molar-refractivity contribution in [3.8, 4) is 6.07 Å². The van der Waals surface area contributed by atoms with E-state index in [1.807, 2.05) is 13.0 Å². The quantitative estimate of drug-likeness (QED) is 0.631. The first-order valence-electron chi connectivity index (χ1n) is 5.71. The summed E-state index contributed by atoms with van der Waals surface area (Å²) in [6.45, 7) is 2.27. The van der Waals surface area contributed by atoms with Crippen LogP contribution in [0.2, 0.25) is 0 Å². The minimum atomic E-state index is -4.02. The lowest BCUT2D eigenvalue weighted by Gasteiger charge is -2.03. The van der Waals surface area contributed by atoms with Gasteiger partial charge in [-0.25, -0.2) is 0 Å². The van der Waals surface area contributed by atoms with Crippen LogP contribution >= 0.6 is 0 Å². The molecule has 0 saturated carbocycles. The minimum Gasteiger partial charge on any atom is -0.282 e. The van der Waals surface area contributed by atoms with E-state index >= 15 is 0 Å². The second-order valence-corrected chi connectivity index (χ2v) is 5.62. The van der Waals surface area contributed by atoms with E-state index in [2.05, 4.69) is 0 Å². The normalized spacial score (nSPS) is 19.4. The fourth-order valence-electron chi connectivity index (χ4n) is 1.57. The molecule has 0 radical (unpaired) electrons. The van der Waals surface area contributed by atoms with Gasteiger partial charge in [0.1, 0.15) is 6.04 Å². The Bertz CT molecular complexity index is 551. The summed E-state index contributed by atoms with van der Waals surface area (Å²) >= 11 is 0. The van der Waals surface area contributed by atoms with Crippen molar-refractivity contribution < 1.29 is 17.5 Å². The molecule has 0 aliphatic carbocycles. The van der Waals surface area contributed by atoms with Gasteiger partial charge in [0.25, 0.3) is 10.1 Å². The van der Waals surface area contributed by atoms with Crippen molar-refractivity contribution >= 4 is 10.1 Å². The number of halogens is 1. The van der Waals surface area contributed by atoms with E-state index in [0.717, 1.165) is 12.0 Å². The summed E-state index contributed by atoms with van der Waals surface area (Å²) in [6.07, 6.45) is 1.50. The van der Waals surface area contributed by atoms with Crippen LogP contribution in [0.25, 0.3) is 0 Å². The Balaban J connectivity index is 0.000000200. The summed E-state index contributed by atoms with van der Waals surface area (Å²) in [6, 6.07) is 7.39. The lowest BCUT2D eigenvalue weighted by molar-refractivity contribution is 0.0319. The average Bonchev–Trinajstić information content (AvgIpc) is 2.75. The lowest BCUT2D eigenvalue weighted by atomic mass is 10.2. The Morgan fingerprint density at radius 3 is 2.32 bits per heavy atom. The topological polar surface area (TPSA) is 81.4 Å². The molecule has 104 valence electrons. The molecule has 1 aromatic carbocycles. The second kappa shape index (κ2) is 6.61. The molecule has 2 rings (SSSR count). The van der Waals surface area contributed by atoms with Crippen molar-refractivity contribution in [2.24, 2.45) is 0 Å². The summed E-state index contributed by atoms with van der Waals surface area (Å²) in [7, 11) is -4.02. The zero-order valence-corrected chi connectivity index (χ0v) is 11.3. The average molecular weight is 286 g/mol. The predicted octanol–water partition coefficient (Wildman–Crippen LogP) is 2.10. The first-order chi connectivity index (χ1) is 8.84. The summed E-state index contributed by atoms with van der Waals surface area (Å²) in [5.74, 6) is 0. The zero-order valence-electron chi connectivity index (χ0n) is 10.5. The Hall–Kier alpha value is -1.49. The third-order valence-corrected chi connectivity index (χ3v) is 3.52. The number of benzene rings is 1. The highest BCUT2D eigenvalue weighted by Gasteiger charge is 2.23. The predicted molar refractivity (Wildman–Crippen MR) is 67.4 cm³/mol. The van der Waals surface area contributed by atoms with Crippen molar-refractivity contribution in [3.05, 3.63) is 29.8 Å². The van der Waals surface area contributed by atoms with Crippen LogP contribution in [-0.4, -0.2) is 30.7 Å². The molecule has 5 nitrogen and oxygen atoms in total. The summed E-state index contributed by atoms with van der Waals surface area (Å²) in [5, 5.41) is 8.80. The van der Waals surface area contributed by atoms with Gasteiger partial charge in [-0.05, 0) is 31.9 Å². The Morgan fingerprint density at radius 1 is 1.42 bits per heavy atom. The molecule has 0 amide bonds. The molecule has 0 aromatic heterocycles. The summed E-state index contributed by atoms with van der Waals surface area (Å²) < 4.78 is 41.8. The van der Waals surface area contributed by atoms with Gasteiger partial charge in [-0.15, -0.1) is 9.60 Å². The van der Waals surface area contributed by atoms with Crippen molar-refractivity contribution in [2.75, 3.05) is 6.54 Å². The maximum atomic E-state index is 12.2. The van der Waals surface area contributed by atoms with Crippen LogP contribution in [-0.2, 0) is 10.1 Å². The zero-order chi connectivity index (χ0) is 14.5. The maximum Gasteiger partial charge on any atom is 0.294 e. The number of rotatable bonds is 1. The first kappa shape index (κ1) is 15.6. The van der Waals surface area contributed by atoms with Gasteiger partial charge >= 0.3 is 0 Å². The van der Waals surface area contributed by atoms with E-state index in [1.165, 1.54) is 12.1 Å². The lowest BCUT2D eigenvalue weighted by Crippen LogP contribution is -2.17. The maximum absolute atomic E-state index is 12.2. The molecule has 7 heteroatoms. The first-order valence-corrected chi connectivity index (χ1v) is 7.15. The van der Waals surface area contributed by atoms with Crippen molar-refractivity contribution in [3.63, 3.8) is 0 Å². The Morgan fingerprint density at radius 2 is 2.00 bits per heavy atom. The van der Waals surface area contributed by atoms with Crippen LogP contribution < -0.4 is 0 Å². The highest BCUT2D eigenvalue weighted by Crippen LogP contribution is 2.15. The summed E-state index contributed by atoms with van der Waals surface area (Å²) in [4.78, 5) is -0.0666. The van der Waals surface area contributed by atoms with Gasteiger partial charge in [-0.1, -0.05) is 17.7 Å². The van der Waals surface area contributed by atoms with Gasteiger partial charge in [-0.3, -0.25) is 4.55 Å². The van der Waals surface area contributed by atoms with Crippen molar-refractivity contribution in [2.45, 2.75) is 30.7 Å². The molecule has 1 aliphatic heterocycles. The smallest absolute Gasteiger partial charge is 0.282 e. The van der Waals surface area contributed by atoms with Gasteiger partial charge in [0.2, 0.25) is 0 Å². The monoisotopic (exact) mass is 286 g/mol. The largest absolute Gasteiger partial charge is 0.294 e. The van der Waals surface area contributed by atoms with Gasteiger partial charge in [0.15, 0.2) is 0 Å². The van der Waals surface area contributed by atoms with E-state index in [4.69, 9.17) is 9.81 Å². The Kier molecular flexibility index (Phi) is 5.42. The molecule has 19 heavy (non-hydrogen) atoms. The molecule has 1 saturated heterocycles. The van der Waals surface area contributed by atoms with E-state index in [9.17, 15) is 12.9 Å². The van der Waals surface area contributed by atoms with Crippen LogP contribution in [0.15, 0.2) is 29.2 Å². The van der Waals surface area contributed by atoms with Crippen LogP contribution in [0.4, 0.5) is 4.48 Å². The van der Waals surface area contributed by atoms with Crippen LogP contribution in [0, 0.1) is 18.3 Å². The number of nitriles is 1. The molecular formula is C12H15FN2O3S.